The average Bonchev–Trinajstić information content (AvgIpc) is 2.92. The van der Waals surface area contributed by atoms with Gasteiger partial charge in [-0.25, -0.2) is 0 Å². The summed E-state index contributed by atoms with van der Waals surface area (Å²) in [6.07, 6.45) is 3.26. The summed E-state index contributed by atoms with van der Waals surface area (Å²) in [6.45, 7) is 5.06. The van der Waals surface area contributed by atoms with Crippen LogP contribution in [0, 0.1) is 5.92 Å². The number of hydrogen-bond donors (Lipinski definition) is 1. The minimum Gasteiger partial charge on any atom is -0.378 e. The van der Waals surface area contributed by atoms with Crippen LogP contribution in [0.25, 0.3) is 0 Å². The number of likely N-dealkylation sites (N-methyl/N-ethyl adjacent to an activating group) is 1. The molecule has 2 rings (SSSR count). The van der Waals surface area contributed by atoms with E-state index in [-0.39, 0.29) is 0 Å². The van der Waals surface area contributed by atoms with E-state index < -0.39 is 0 Å². The fraction of sp³-hybridized carbons (Fsp3) is 0.786. The molecule has 3 unspecified atom stereocenters. The summed E-state index contributed by atoms with van der Waals surface area (Å²) in [7, 11) is 3.99. The van der Waals surface area contributed by atoms with Crippen molar-refractivity contribution in [2.24, 2.45) is 13.0 Å². The second-order valence-electron chi connectivity index (χ2n) is 5.42. The van der Waals surface area contributed by atoms with Gasteiger partial charge in [0.15, 0.2) is 0 Å². The van der Waals surface area contributed by atoms with Crippen LogP contribution in [-0.2, 0) is 24.6 Å². The molecule has 0 aromatic carbocycles. The van der Waals surface area contributed by atoms with Gasteiger partial charge in [0.2, 0.25) is 0 Å². The van der Waals surface area contributed by atoms with Crippen LogP contribution >= 0.6 is 11.6 Å². The summed E-state index contributed by atoms with van der Waals surface area (Å²) >= 11 is 6.42. The number of aromatic nitrogens is 2. The largest absolute Gasteiger partial charge is 0.378 e. The van der Waals surface area contributed by atoms with Crippen LogP contribution < -0.4 is 5.32 Å². The fourth-order valence-corrected chi connectivity index (χ4v) is 3.26. The Labute approximate surface area is 120 Å². The molecule has 0 spiro atoms. The third-order valence-corrected chi connectivity index (χ3v) is 4.52. The molecule has 1 aromatic rings. The maximum Gasteiger partial charge on any atom is 0.0850 e. The molecule has 1 aromatic heterocycles. The Morgan fingerprint density at radius 2 is 2.32 bits per heavy atom. The zero-order chi connectivity index (χ0) is 14.0. The van der Waals surface area contributed by atoms with Crippen molar-refractivity contribution >= 4 is 11.6 Å². The van der Waals surface area contributed by atoms with Crippen LogP contribution in [0.5, 0.6) is 0 Å². The lowest BCUT2D eigenvalue weighted by Crippen LogP contribution is -2.36. The molecule has 0 saturated carbocycles. The molecule has 2 heterocycles. The Morgan fingerprint density at radius 1 is 1.58 bits per heavy atom. The molecule has 108 valence electrons. The maximum atomic E-state index is 6.42. The summed E-state index contributed by atoms with van der Waals surface area (Å²) in [6, 6.07) is 0.391. The molecule has 1 N–H and O–H groups in total. The van der Waals surface area contributed by atoms with E-state index in [1.165, 1.54) is 0 Å². The van der Waals surface area contributed by atoms with Gasteiger partial charge >= 0.3 is 0 Å². The molecule has 1 aliphatic heterocycles. The number of hydrogen-bond acceptors (Lipinski definition) is 3. The van der Waals surface area contributed by atoms with Crippen molar-refractivity contribution in [1.29, 1.82) is 0 Å². The molecule has 3 atom stereocenters. The molecule has 0 bridgehead atoms. The highest BCUT2D eigenvalue weighted by Gasteiger charge is 2.30. The number of nitrogens with one attached hydrogen (secondary N) is 1. The van der Waals surface area contributed by atoms with Crippen molar-refractivity contribution in [3.63, 3.8) is 0 Å². The standard InChI is InChI=1S/C14H24ClN3O/c1-5-11-14(15)13(18(4)17-11)7-12(16-3)10-6-9(2)19-8-10/h9-10,12,16H,5-8H2,1-4H3. The number of rotatable bonds is 5. The summed E-state index contributed by atoms with van der Waals surface area (Å²) in [5.41, 5.74) is 2.11. The first-order chi connectivity index (χ1) is 9.06. The summed E-state index contributed by atoms with van der Waals surface area (Å²) < 4.78 is 7.60. The lowest BCUT2D eigenvalue weighted by Gasteiger charge is -2.22. The predicted molar refractivity (Wildman–Crippen MR) is 77.7 cm³/mol. The second-order valence-corrected chi connectivity index (χ2v) is 5.80. The number of aryl methyl sites for hydroxylation is 2. The molecule has 5 heteroatoms. The van der Waals surface area contributed by atoms with Crippen molar-refractivity contribution in [2.75, 3.05) is 13.7 Å². The van der Waals surface area contributed by atoms with E-state index in [9.17, 15) is 0 Å². The summed E-state index contributed by atoms with van der Waals surface area (Å²) in [5.74, 6) is 0.552. The fourth-order valence-electron chi connectivity index (χ4n) is 2.89. The van der Waals surface area contributed by atoms with E-state index in [0.717, 1.165) is 42.3 Å². The molecule has 1 fully saturated rings. The van der Waals surface area contributed by atoms with E-state index in [1.807, 2.05) is 18.8 Å². The summed E-state index contributed by atoms with van der Waals surface area (Å²) in [4.78, 5) is 0. The minimum atomic E-state index is 0.370. The Bertz CT molecular complexity index is 433. The molecule has 0 aliphatic carbocycles. The van der Waals surface area contributed by atoms with Gasteiger partial charge in [0.25, 0.3) is 0 Å². The highest BCUT2D eigenvalue weighted by molar-refractivity contribution is 6.31. The Balaban J connectivity index is 2.12. The van der Waals surface area contributed by atoms with Gasteiger partial charge < -0.3 is 10.1 Å². The Hall–Kier alpha value is -0.580. The molecule has 1 saturated heterocycles. The average molecular weight is 286 g/mol. The van der Waals surface area contributed by atoms with Gasteiger partial charge in [0.05, 0.1) is 29.1 Å². The van der Waals surface area contributed by atoms with Crippen molar-refractivity contribution in [2.45, 2.75) is 45.3 Å². The van der Waals surface area contributed by atoms with Crippen LogP contribution in [0.1, 0.15) is 31.7 Å². The molecule has 19 heavy (non-hydrogen) atoms. The molecule has 4 nitrogen and oxygen atoms in total. The first-order valence-electron chi connectivity index (χ1n) is 7.05. The van der Waals surface area contributed by atoms with E-state index in [2.05, 4.69) is 24.3 Å². The Kier molecular flexibility index (Phi) is 4.87. The zero-order valence-electron chi connectivity index (χ0n) is 12.2. The van der Waals surface area contributed by atoms with Crippen molar-refractivity contribution in [3.8, 4) is 0 Å². The summed E-state index contributed by atoms with van der Waals surface area (Å²) in [5, 5.41) is 8.73. The highest BCUT2D eigenvalue weighted by Crippen LogP contribution is 2.27. The first kappa shape index (κ1) is 14.8. The molecule has 0 radical (unpaired) electrons. The number of ether oxygens (including phenoxy) is 1. The lowest BCUT2D eigenvalue weighted by atomic mass is 9.93. The van der Waals surface area contributed by atoms with Gasteiger partial charge in [-0.05, 0) is 26.8 Å². The third kappa shape index (κ3) is 3.12. The van der Waals surface area contributed by atoms with Crippen molar-refractivity contribution in [3.05, 3.63) is 16.4 Å². The quantitative estimate of drug-likeness (QED) is 0.901. The second kappa shape index (κ2) is 6.25. The van der Waals surface area contributed by atoms with Crippen LogP contribution in [0.15, 0.2) is 0 Å². The van der Waals surface area contributed by atoms with E-state index >= 15 is 0 Å². The monoisotopic (exact) mass is 285 g/mol. The number of nitrogens with zero attached hydrogens (tertiary/aromatic N) is 2. The van der Waals surface area contributed by atoms with Gasteiger partial charge in [-0.1, -0.05) is 18.5 Å². The molecular weight excluding hydrogens is 262 g/mol. The first-order valence-corrected chi connectivity index (χ1v) is 7.43. The van der Waals surface area contributed by atoms with Crippen LogP contribution in [0.2, 0.25) is 5.02 Å². The lowest BCUT2D eigenvalue weighted by molar-refractivity contribution is 0.117. The molecule has 1 aliphatic rings. The smallest absolute Gasteiger partial charge is 0.0850 e. The minimum absolute atomic E-state index is 0.370. The van der Waals surface area contributed by atoms with Gasteiger partial charge in [0, 0.05) is 25.4 Å². The maximum absolute atomic E-state index is 6.42. The van der Waals surface area contributed by atoms with E-state index in [4.69, 9.17) is 16.3 Å². The van der Waals surface area contributed by atoms with Gasteiger partial charge in [-0.2, -0.15) is 5.10 Å². The third-order valence-electron chi connectivity index (χ3n) is 4.09. The Morgan fingerprint density at radius 3 is 2.79 bits per heavy atom. The van der Waals surface area contributed by atoms with Gasteiger partial charge in [-0.3, -0.25) is 4.68 Å². The molecule has 0 amide bonds. The van der Waals surface area contributed by atoms with Crippen molar-refractivity contribution in [1.82, 2.24) is 15.1 Å². The van der Waals surface area contributed by atoms with E-state index in [1.54, 1.807) is 0 Å². The topological polar surface area (TPSA) is 39.1 Å². The molecular formula is C14H24ClN3O. The van der Waals surface area contributed by atoms with Gasteiger partial charge in [0.1, 0.15) is 0 Å². The van der Waals surface area contributed by atoms with E-state index in [0.29, 0.717) is 18.1 Å². The SMILES string of the molecule is CCc1nn(C)c(CC(NC)C2COC(C)C2)c1Cl. The van der Waals surface area contributed by atoms with Gasteiger partial charge in [-0.15, -0.1) is 0 Å². The zero-order valence-corrected chi connectivity index (χ0v) is 13.0. The normalized spacial score (nSPS) is 24.9. The van der Waals surface area contributed by atoms with Crippen molar-refractivity contribution < 1.29 is 4.74 Å². The predicted octanol–water partition coefficient (Wildman–Crippen LogP) is 2.19. The van der Waals surface area contributed by atoms with Crippen LogP contribution in [0.3, 0.4) is 0 Å². The van der Waals surface area contributed by atoms with Crippen LogP contribution in [0.4, 0.5) is 0 Å². The van der Waals surface area contributed by atoms with Crippen LogP contribution in [-0.4, -0.2) is 35.6 Å². The highest BCUT2D eigenvalue weighted by atomic mass is 35.5. The number of halogens is 1.